The molecule has 0 aromatic rings. The molecule has 2 fully saturated rings. The summed E-state index contributed by atoms with van der Waals surface area (Å²) in [5, 5.41) is 17.3. The molecular weight excluding hydrogens is 401 g/mol. The molecule has 9 nitrogen and oxygen atoms in total. The lowest BCUT2D eigenvalue weighted by Crippen LogP contribution is -2.40. The van der Waals surface area contributed by atoms with E-state index in [9.17, 15) is 32.3 Å². The Balaban J connectivity index is 0.000000291. The molecule has 12 heteroatoms. The van der Waals surface area contributed by atoms with E-state index in [1.54, 1.807) is 20.8 Å². The summed E-state index contributed by atoms with van der Waals surface area (Å²) in [6.45, 7) is 5.58. The highest BCUT2D eigenvalue weighted by Gasteiger charge is 2.45. The van der Waals surface area contributed by atoms with E-state index in [4.69, 9.17) is 14.9 Å². The Kier molecular flexibility index (Phi) is 7.87. The second-order valence-corrected chi connectivity index (χ2v) is 7.82. The lowest BCUT2D eigenvalue weighted by atomic mass is 10.1. The van der Waals surface area contributed by atoms with Crippen LogP contribution in [0.5, 0.6) is 0 Å². The van der Waals surface area contributed by atoms with Gasteiger partial charge in [0.25, 0.3) is 0 Å². The Labute approximate surface area is 165 Å². The standard InChI is InChI=1S/C10H17NO4.C7H8F3NO3/c1-10(2,3)15-9(14)11-5-4-7(6-11)8(12)13;8-7(9,10)6(14)11-2-1-4(3-11)5(12)13/h7H,4-6H2,1-3H3,(H,12,13);4H,1-3H2,(H,12,13)/t7-;4-/m00/s1. The summed E-state index contributed by atoms with van der Waals surface area (Å²) < 4.78 is 40.8. The first-order valence-corrected chi connectivity index (χ1v) is 8.91. The molecule has 0 aliphatic carbocycles. The number of amides is 2. The maximum atomic E-state index is 11.9. The molecule has 2 N–H and O–H groups in total. The van der Waals surface area contributed by atoms with E-state index in [-0.39, 0.29) is 26.1 Å². The number of ether oxygens (including phenoxy) is 1. The van der Waals surface area contributed by atoms with Gasteiger partial charge in [-0.3, -0.25) is 14.4 Å². The van der Waals surface area contributed by atoms with Gasteiger partial charge in [0, 0.05) is 26.2 Å². The van der Waals surface area contributed by atoms with E-state index in [2.05, 4.69) is 0 Å². The lowest BCUT2D eigenvalue weighted by molar-refractivity contribution is -0.184. The molecule has 0 spiro atoms. The van der Waals surface area contributed by atoms with Crippen molar-refractivity contribution >= 4 is 23.9 Å². The van der Waals surface area contributed by atoms with Crippen LogP contribution in [0.4, 0.5) is 18.0 Å². The predicted octanol–water partition coefficient (Wildman–Crippen LogP) is 1.81. The van der Waals surface area contributed by atoms with Crippen LogP contribution in [0, 0.1) is 11.8 Å². The number of carboxylic acid groups (broad SMARTS) is 2. The molecule has 0 aromatic heterocycles. The van der Waals surface area contributed by atoms with Crippen LogP contribution in [0.1, 0.15) is 33.6 Å². The minimum atomic E-state index is -4.91. The highest BCUT2D eigenvalue weighted by atomic mass is 19.4. The molecule has 0 aromatic carbocycles. The normalized spacial score (nSPS) is 22.0. The van der Waals surface area contributed by atoms with Crippen molar-refractivity contribution < 1.29 is 47.3 Å². The molecule has 2 aliphatic rings. The molecule has 2 aliphatic heterocycles. The van der Waals surface area contributed by atoms with Crippen molar-refractivity contribution in [2.45, 2.75) is 45.4 Å². The number of carboxylic acids is 2. The number of carbonyl (C=O) groups excluding carboxylic acids is 2. The van der Waals surface area contributed by atoms with Crippen LogP contribution in [0.2, 0.25) is 0 Å². The Morgan fingerprint density at radius 2 is 1.28 bits per heavy atom. The average molecular weight is 426 g/mol. The summed E-state index contributed by atoms with van der Waals surface area (Å²) in [6.07, 6.45) is -4.75. The Morgan fingerprint density at radius 3 is 1.62 bits per heavy atom. The monoisotopic (exact) mass is 426 g/mol. The van der Waals surface area contributed by atoms with Crippen molar-refractivity contribution in [2.75, 3.05) is 26.2 Å². The van der Waals surface area contributed by atoms with Gasteiger partial charge in [-0.1, -0.05) is 0 Å². The van der Waals surface area contributed by atoms with Gasteiger partial charge in [0.1, 0.15) is 5.60 Å². The van der Waals surface area contributed by atoms with E-state index in [0.717, 1.165) is 0 Å². The van der Waals surface area contributed by atoms with Crippen molar-refractivity contribution in [2.24, 2.45) is 11.8 Å². The maximum Gasteiger partial charge on any atom is 0.471 e. The van der Waals surface area contributed by atoms with Crippen molar-refractivity contribution in [3.8, 4) is 0 Å². The zero-order chi connectivity index (χ0) is 22.6. The van der Waals surface area contributed by atoms with Crippen molar-refractivity contribution in [3.05, 3.63) is 0 Å². The Hall–Kier alpha value is -2.53. The number of hydrogen-bond acceptors (Lipinski definition) is 5. The van der Waals surface area contributed by atoms with E-state index < -0.39 is 47.6 Å². The number of nitrogens with zero attached hydrogens (tertiary/aromatic N) is 2. The van der Waals surface area contributed by atoms with Crippen molar-refractivity contribution in [1.82, 2.24) is 9.80 Å². The Morgan fingerprint density at radius 1 is 0.862 bits per heavy atom. The number of carbonyl (C=O) groups is 4. The van der Waals surface area contributed by atoms with Gasteiger partial charge in [0.2, 0.25) is 0 Å². The molecule has 0 radical (unpaired) electrons. The van der Waals surface area contributed by atoms with Crippen LogP contribution < -0.4 is 0 Å². The fourth-order valence-electron chi connectivity index (χ4n) is 2.78. The summed E-state index contributed by atoms with van der Waals surface area (Å²) in [6, 6.07) is 0. The second kappa shape index (κ2) is 9.31. The van der Waals surface area contributed by atoms with E-state index in [1.165, 1.54) is 4.90 Å². The molecule has 0 unspecified atom stereocenters. The summed E-state index contributed by atoms with van der Waals surface area (Å²) in [7, 11) is 0. The van der Waals surface area contributed by atoms with E-state index in [0.29, 0.717) is 17.9 Å². The molecule has 2 amide bonds. The topological polar surface area (TPSA) is 124 Å². The van der Waals surface area contributed by atoms with Crippen LogP contribution >= 0.6 is 0 Å². The third kappa shape index (κ3) is 7.78. The highest BCUT2D eigenvalue weighted by Crippen LogP contribution is 2.24. The molecule has 0 bridgehead atoms. The van der Waals surface area contributed by atoms with Crippen molar-refractivity contribution in [3.63, 3.8) is 0 Å². The van der Waals surface area contributed by atoms with Gasteiger partial charge in [-0.25, -0.2) is 4.79 Å². The number of alkyl halides is 3. The molecule has 2 saturated heterocycles. The van der Waals surface area contributed by atoms with Crippen LogP contribution in [0.15, 0.2) is 0 Å². The zero-order valence-electron chi connectivity index (χ0n) is 16.4. The SMILES string of the molecule is CC(C)(C)OC(=O)N1CC[C@H](C(=O)O)C1.O=C(O)[C@H]1CCN(C(=O)C(F)(F)F)C1. The van der Waals surface area contributed by atoms with Gasteiger partial charge < -0.3 is 24.7 Å². The first-order chi connectivity index (χ1) is 13.1. The van der Waals surface area contributed by atoms with Gasteiger partial charge in [0.05, 0.1) is 11.8 Å². The molecule has 2 atom stereocenters. The first kappa shape index (κ1) is 24.5. The van der Waals surface area contributed by atoms with Gasteiger partial charge in [-0.15, -0.1) is 0 Å². The maximum absolute atomic E-state index is 11.9. The third-order valence-corrected chi connectivity index (χ3v) is 4.26. The highest BCUT2D eigenvalue weighted by molar-refractivity contribution is 5.83. The van der Waals surface area contributed by atoms with Crippen LogP contribution in [-0.2, 0) is 19.1 Å². The number of hydrogen-bond donors (Lipinski definition) is 2. The fraction of sp³-hybridized carbons (Fsp3) is 0.765. The van der Waals surface area contributed by atoms with Crippen LogP contribution in [0.25, 0.3) is 0 Å². The molecule has 2 rings (SSSR count). The summed E-state index contributed by atoms with van der Waals surface area (Å²) in [5.74, 6) is -5.29. The molecule has 0 saturated carbocycles. The van der Waals surface area contributed by atoms with Gasteiger partial charge in [-0.05, 0) is 33.6 Å². The van der Waals surface area contributed by atoms with Crippen LogP contribution in [0.3, 0.4) is 0 Å². The zero-order valence-corrected chi connectivity index (χ0v) is 16.4. The number of halogens is 3. The first-order valence-electron chi connectivity index (χ1n) is 8.91. The summed E-state index contributed by atoms with van der Waals surface area (Å²) >= 11 is 0. The second-order valence-electron chi connectivity index (χ2n) is 7.82. The van der Waals surface area contributed by atoms with Crippen LogP contribution in [-0.4, -0.2) is 81.9 Å². The summed E-state index contributed by atoms with van der Waals surface area (Å²) in [5.41, 5.74) is -0.529. The lowest BCUT2D eigenvalue weighted by Gasteiger charge is -2.24. The quantitative estimate of drug-likeness (QED) is 0.690. The number of aliphatic carboxylic acids is 2. The molecule has 166 valence electrons. The van der Waals surface area contributed by atoms with Crippen molar-refractivity contribution in [1.29, 1.82) is 0 Å². The average Bonchev–Trinajstić information content (AvgIpc) is 3.22. The fourth-order valence-corrected chi connectivity index (χ4v) is 2.78. The van der Waals surface area contributed by atoms with Gasteiger partial charge in [0.15, 0.2) is 0 Å². The predicted molar refractivity (Wildman–Crippen MR) is 91.9 cm³/mol. The largest absolute Gasteiger partial charge is 0.481 e. The summed E-state index contributed by atoms with van der Waals surface area (Å²) in [4.78, 5) is 45.2. The minimum absolute atomic E-state index is 0.0805. The molecule has 2 heterocycles. The number of rotatable bonds is 2. The minimum Gasteiger partial charge on any atom is -0.481 e. The third-order valence-electron chi connectivity index (χ3n) is 4.26. The van der Waals surface area contributed by atoms with E-state index in [1.807, 2.05) is 0 Å². The smallest absolute Gasteiger partial charge is 0.471 e. The molecule has 29 heavy (non-hydrogen) atoms. The number of likely N-dealkylation sites (tertiary alicyclic amines) is 2. The molecular formula is C17H25F3N2O7. The van der Waals surface area contributed by atoms with Gasteiger partial charge >= 0.3 is 30.1 Å². The Bertz CT molecular complexity index is 646. The van der Waals surface area contributed by atoms with Gasteiger partial charge in [-0.2, -0.15) is 13.2 Å². The van der Waals surface area contributed by atoms with E-state index >= 15 is 0 Å².